The zero-order chi connectivity index (χ0) is 22.2. The summed E-state index contributed by atoms with van der Waals surface area (Å²) in [7, 11) is -3.65. The predicted octanol–water partition coefficient (Wildman–Crippen LogP) is 1.75. The van der Waals surface area contributed by atoms with E-state index in [-0.39, 0.29) is 22.5 Å². The quantitative estimate of drug-likeness (QED) is 0.754. The van der Waals surface area contributed by atoms with E-state index in [4.69, 9.17) is 11.6 Å². The minimum absolute atomic E-state index is 0.103. The molecule has 2 heterocycles. The number of rotatable bonds is 3. The molecule has 10 heteroatoms. The van der Waals surface area contributed by atoms with Crippen molar-refractivity contribution in [3.63, 3.8) is 0 Å². The monoisotopic (exact) mass is 460 g/mol. The molecule has 0 unspecified atom stereocenters. The van der Waals surface area contributed by atoms with Crippen LogP contribution in [0.2, 0.25) is 5.02 Å². The first-order valence-corrected chi connectivity index (χ1v) is 11.7. The summed E-state index contributed by atoms with van der Waals surface area (Å²) in [5.74, 6) is -0.142. The highest BCUT2D eigenvalue weighted by atomic mass is 35.5. The average molecular weight is 461 g/mol. The highest BCUT2D eigenvalue weighted by molar-refractivity contribution is 7.90. The van der Waals surface area contributed by atoms with Crippen molar-refractivity contribution in [1.29, 1.82) is 0 Å². The number of carbonyl (C=O) groups excluding carboxylic acids is 2. The van der Waals surface area contributed by atoms with Gasteiger partial charge in [-0.1, -0.05) is 23.7 Å². The Morgan fingerprint density at radius 2 is 1.61 bits per heavy atom. The van der Waals surface area contributed by atoms with Crippen LogP contribution in [0.3, 0.4) is 0 Å². The van der Waals surface area contributed by atoms with Crippen molar-refractivity contribution in [3.8, 4) is 0 Å². The zero-order valence-corrected chi connectivity index (χ0v) is 18.4. The fourth-order valence-corrected chi connectivity index (χ4v) is 5.01. The first kappa shape index (κ1) is 21.3. The Bertz CT molecular complexity index is 1160. The molecule has 0 aliphatic carbocycles. The van der Waals surface area contributed by atoms with Gasteiger partial charge in [0.15, 0.2) is 0 Å². The van der Waals surface area contributed by atoms with Gasteiger partial charge in [-0.25, -0.2) is 8.42 Å². The first-order valence-electron chi connectivity index (χ1n) is 9.80. The number of nitrogens with one attached hydrogen (secondary N) is 1. The molecule has 2 amide bonds. The van der Waals surface area contributed by atoms with Gasteiger partial charge < -0.3 is 9.80 Å². The number of piperazine rings is 1. The van der Waals surface area contributed by atoms with Gasteiger partial charge in [-0.15, -0.1) is 0 Å². The Labute approximate surface area is 185 Å². The molecule has 1 fully saturated rings. The summed E-state index contributed by atoms with van der Waals surface area (Å²) in [6.45, 7) is 3.22. The minimum Gasteiger partial charge on any atom is -0.337 e. The average Bonchev–Trinajstić information content (AvgIpc) is 3.03. The fraction of sp³-hybridized carbons (Fsp3) is 0.286. The molecule has 4 rings (SSSR count). The summed E-state index contributed by atoms with van der Waals surface area (Å²) in [4.78, 5) is 33.3. The normalized spacial score (nSPS) is 19.6. The highest BCUT2D eigenvalue weighted by Gasteiger charge is 2.32. The number of amidine groups is 1. The first-order chi connectivity index (χ1) is 14.8. The van der Waals surface area contributed by atoms with E-state index in [0.717, 1.165) is 0 Å². The number of carbonyl (C=O) groups is 2. The molecule has 2 aliphatic rings. The summed E-state index contributed by atoms with van der Waals surface area (Å²) >= 11 is 5.87. The van der Waals surface area contributed by atoms with Gasteiger partial charge in [0.1, 0.15) is 11.9 Å². The third-order valence-electron chi connectivity index (χ3n) is 5.31. The van der Waals surface area contributed by atoms with Crippen molar-refractivity contribution < 1.29 is 18.0 Å². The fourth-order valence-electron chi connectivity index (χ4n) is 3.65. The molecule has 2 aromatic carbocycles. The van der Waals surface area contributed by atoms with Crippen LogP contribution in [0.25, 0.3) is 0 Å². The number of hydrogen-bond acceptors (Lipinski definition) is 5. The topological polar surface area (TPSA) is 99.1 Å². The summed E-state index contributed by atoms with van der Waals surface area (Å²) in [6, 6.07) is 12.5. The number of halogens is 1. The third-order valence-corrected chi connectivity index (χ3v) is 6.96. The van der Waals surface area contributed by atoms with Crippen LogP contribution in [-0.2, 0) is 14.8 Å². The van der Waals surface area contributed by atoms with Crippen molar-refractivity contribution in [3.05, 3.63) is 64.7 Å². The highest BCUT2D eigenvalue weighted by Crippen LogP contribution is 2.23. The van der Waals surface area contributed by atoms with E-state index in [9.17, 15) is 18.0 Å². The maximum Gasteiger partial charge on any atom is 0.263 e. The van der Waals surface area contributed by atoms with Crippen LogP contribution in [0.5, 0.6) is 0 Å². The van der Waals surface area contributed by atoms with Crippen molar-refractivity contribution >= 4 is 39.3 Å². The van der Waals surface area contributed by atoms with Crippen LogP contribution < -0.4 is 4.72 Å². The van der Waals surface area contributed by atoms with Gasteiger partial charge in [0.05, 0.1) is 4.90 Å². The van der Waals surface area contributed by atoms with Crippen LogP contribution in [0, 0.1) is 0 Å². The van der Waals surface area contributed by atoms with Gasteiger partial charge in [0, 0.05) is 42.3 Å². The summed E-state index contributed by atoms with van der Waals surface area (Å²) in [5.41, 5.74) is 1.01. The zero-order valence-electron chi connectivity index (χ0n) is 16.8. The lowest BCUT2D eigenvalue weighted by Crippen LogP contribution is -2.52. The van der Waals surface area contributed by atoms with Crippen molar-refractivity contribution in [2.75, 3.05) is 26.2 Å². The molecule has 0 spiro atoms. The second kappa shape index (κ2) is 8.32. The lowest BCUT2D eigenvalue weighted by Gasteiger charge is -2.35. The second-order valence-electron chi connectivity index (χ2n) is 7.38. The molecular formula is C21H21ClN4O4S. The molecule has 0 radical (unpaired) electrons. The van der Waals surface area contributed by atoms with Crippen molar-refractivity contribution in [2.45, 2.75) is 17.9 Å². The molecule has 1 saturated heterocycles. The van der Waals surface area contributed by atoms with E-state index in [1.807, 2.05) is 0 Å². The number of nitrogens with zero attached hydrogens (tertiary/aromatic N) is 3. The number of benzene rings is 2. The number of aliphatic imine (C=N–C) groups is 1. The minimum atomic E-state index is -3.65. The molecule has 0 bridgehead atoms. The van der Waals surface area contributed by atoms with Crippen LogP contribution >= 0.6 is 11.6 Å². The van der Waals surface area contributed by atoms with E-state index in [2.05, 4.69) is 9.71 Å². The van der Waals surface area contributed by atoms with Crippen molar-refractivity contribution in [1.82, 2.24) is 14.5 Å². The largest absolute Gasteiger partial charge is 0.337 e. The molecule has 2 aliphatic heterocycles. The van der Waals surface area contributed by atoms with Crippen molar-refractivity contribution in [2.24, 2.45) is 4.99 Å². The molecule has 1 N–H and O–H groups in total. The number of fused-ring (bicyclic) bond motifs is 1. The van der Waals surface area contributed by atoms with E-state index in [0.29, 0.717) is 42.3 Å². The standard InChI is InChI=1S/C21H21ClN4O4S/c1-14(23-19-17-4-2-3-5-18(17)31(29,30)24-19)20(27)25-10-12-26(13-11-25)21(28)15-6-8-16(22)9-7-15/h2-9,14H,10-13H2,1H3,(H,23,24)/t14-/m0/s1. The lowest BCUT2D eigenvalue weighted by molar-refractivity contribution is -0.133. The predicted molar refractivity (Wildman–Crippen MR) is 117 cm³/mol. The number of hydrogen-bond donors (Lipinski definition) is 1. The number of amides is 2. The van der Waals surface area contributed by atoms with Crippen LogP contribution in [0.4, 0.5) is 0 Å². The molecule has 2 aromatic rings. The Balaban J connectivity index is 1.40. The molecular weight excluding hydrogens is 440 g/mol. The summed E-state index contributed by atoms with van der Waals surface area (Å²) < 4.78 is 26.9. The van der Waals surface area contributed by atoms with Gasteiger partial charge in [-0.3, -0.25) is 19.3 Å². The van der Waals surface area contributed by atoms with Crippen LogP contribution in [0.15, 0.2) is 58.4 Å². The van der Waals surface area contributed by atoms with Crippen LogP contribution in [0.1, 0.15) is 22.8 Å². The van der Waals surface area contributed by atoms with Gasteiger partial charge in [0.25, 0.3) is 15.9 Å². The smallest absolute Gasteiger partial charge is 0.263 e. The van der Waals surface area contributed by atoms with Gasteiger partial charge in [-0.05, 0) is 43.3 Å². The molecule has 31 heavy (non-hydrogen) atoms. The van der Waals surface area contributed by atoms with E-state index in [1.54, 1.807) is 59.2 Å². The summed E-state index contributed by atoms with van der Waals surface area (Å²) in [6.07, 6.45) is 0. The van der Waals surface area contributed by atoms with Gasteiger partial charge >= 0.3 is 0 Å². The maximum atomic E-state index is 12.9. The SMILES string of the molecule is C[C@H](N=C1NS(=O)(=O)c2ccccc21)C(=O)N1CCN(C(=O)c2ccc(Cl)cc2)CC1. The van der Waals surface area contributed by atoms with E-state index in [1.165, 1.54) is 6.07 Å². The molecule has 0 saturated carbocycles. The van der Waals surface area contributed by atoms with Crippen LogP contribution in [-0.4, -0.2) is 68.1 Å². The maximum absolute atomic E-state index is 12.9. The third kappa shape index (κ3) is 4.28. The molecule has 8 nitrogen and oxygen atoms in total. The Hall–Kier alpha value is -2.91. The van der Waals surface area contributed by atoms with E-state index < -0.39 is 16.1 Å². The molecule has 162 valence electrons. The lowest BCUT2D eigenvalue weighted by atomic mass is 10.1. The van der Waals surface area contributed by atoms with Gasteiger partial charge in [-0.2, -0.15) is 0 Å². The molecule has 1 atom stereocenters. The second-order valence-corrected chi connectivity index (χ2v) is 9.47. The Morgan fingerprint density at radius 3 is 2.29 bits per heavy atom. The number of sulfonamides is 1. The van der Waals surface area contributed by atoms with E-state index >= 15 is 0 Å². The summed E-state index contributed by atoms with van der Waals surface area (Å²) in [5, 5.41) is 0.565. The Morgan fingerprint density at radius 1 is 1.00 bits per heavy atom. The molecule has 0 aromatic heterocycles. The Kier molecular flexibility index (Phi) is 5.72. The van der Waals surface area contributed by atoms with Gasteiger partial charge in [0.2, 0.25) is 5.91 Å².